The molecule has 0 atom stereocenters. The summed E-state index contributed by atoms with van der Waals surface area (Å²) in [5.74, 6) is -1.05. The first kappa shape index (κ1) is 13.0. The third-order valence-corrected chi connectivity index (χ3v) is 6.54. The molecule has 0 amide bonds. The second kappa shape index (κ2) is 4.02. The lowest BCUT2D eigenvalue weighted by Crippen LogP contribution is -2.64. The van der Waals surface area contributed by atoms with Gasteiger partial charge in [0.15, 0.2) is 0 Å². The van der Waals surface area contributed by atoms with Gasteiger partial charge < -0.3 is 10.2 Å². The van der Waals surface area contributed by atoms with Crippen molar-refractivity contribution in [2.24, 2.45) is 5.92 Å². The normalized spacial score (nSPS) is 23.0. The predicted octanol–water partition coefficient (Wildman–Crippen LogP) is 0.592. The summed E-state index contributed by atoms with van der Waals surface area (Å²) >= 11 is 0.887. The van der Waals surface area contributed by atoms with E-state index < -0.39 is 21.6 Å². The molecule has 2 fully saturated rings. The molecule has 8 heteroatoms. The Balaban J connectivity index is 1.84. The summed E-state index contributed by atoms with van der Waals surface area (Å²) < 4.78 is 25.7. The number of thiophene rings is 1. The summed E-state index contributed by atoms with van der Waals surface area (Å²) in [6, 6.07) is 1.30. The monoisotopic (exact) mass is 303 g/mol. The van der Waals surface area contributed by atoms with Crippen molar-refractivity contribution in [3.63, 3.8) is 0 Å². The van der Waals surface area contributed by atoms with E-state index in [0.717, 1.165) is 28.5 Å². The minimum atomic E-state index is -3.81. The van der Waals surface area contributed by atoms with Crippen LogP contribution in [0.1, 0.15) is 22.5 Å². The molecular formula is C11H13NO5S2. The van der Waals surface area contributed by atoms with Gasteiger partial charge in [-0.15, -0.1) is 11.3 Å². The fraction of sp³-hybridized carbons (Fsp3) is 0.545. The summed E-state index contributed by atoms with van der Waals surface area (Å²) in [5, 5.41) is 20.6. The molecule has 6 nitrogen and oxygen atoms in total. The topological polar surface area (TPSA) is 94.9 Å². The molecule has 1 aromatic rings. The molecule has 19 heavy (non-hydrogen) atoms. The highest BCUT2D eigenvalue weighted by molar-refractivity contribution is 7.89. The fourth-order valence-corrected chi connectivity index (χ4v) is 5.21. The highest BCUT2D eigenvalue weighted by Gasteiger charge is 2.55. The van der Waals surface area contributed by atoms with E-state index in [9.17, 15) is 18.3 Å². The highest BCUT2D eigenvalue weighted by atomic mass is 32.2. The maximum absolute atomic E-state index is 12.3. The van der Waals surface area contributed by atoms with Crippen molar-refractivity contribution in [2.75, 3.05) is 13.1 Å². The van der Waals surface area contributed by atoms with Crippen LogP contribution < -0.4 is 0 Å². The minimum Gasteiger partial charge on any atom is -0.477 e. The Labute approximate surface area is 114 Å². The molecule has 0 spiro atoms. The molecule has 2 N–H and O–H groups in total. The first-order valence-corrected chi connectivity index (χ1v) is 8.20. The van der Waals surface area contributed by atoms with Crippen LogP contribution in [0.2, 0.25) is 0 Å². The first-order valence-electron chi connectivity index (χ1n) is 5.88. The maximum atomic E-state index is 12.3. The number of β-amino-alcohol motifs (C(OH)–C–C–N with tert-alkyl or cyclic N) is 1. The van der Waals surface area contributed by atoms with Gasteiger partial charge >= 0.3 is 5.97 Å². The Morgan fingerprint density at radius 2 is 2.05 bits per heavy atom. The zero-order valence-electron chi connectivity index (χ0n) is 9.94. The Kier molecular flexibility index (Phi) is 2.76. The largest absolute Gasteiger partial charge is 0.477 e. The molecule has 1 aliphatic carbocycles. The Morgan fingerprint density at radius 3 is 2.58 bits per heavy atom. The van der Waals surface area contributed by atoms with Gasteiger partial charge in [0.1, 0.15) is 9.77 Å². The van der Waals surface area contributed by atoms with Gasteiger partial charge in [0.2, 0.25) is 10.0 Å². The standard InChI is InChI=1S/C11H13NO5S2/c13-10(14)9-8(3-4-18-9)19(16,17)12-5-11(15,6-12)7-1-2-7/h3-4,7,15H,1-2,5-6H2,(H,13,14). The number of hydrogen-bond donors (Lipinski definition) is 2. The van der Waals surface area contributed by atoms with Gasteiger partial charge in [-0.1, -0.05) is 0 Å². The summed E-state index contributed by atoms with van der Waals surface area (Å²) in [6.45, 7) is 0.129. The molecule has 104 valence electrons. The maximum Gasteiger partial charge on any atom is 0.347 e. The van der Waals surface area contributed by atoms with Crippen molar-refractivity contribution >= 4 is 27.3 Å². The molecule has 1 aliphatic heterocycles. The number of hydrogen-bond acceptors (Lipinski definition) is 5. The smallest absolute Gasteiger partial charge is 0.347 e. The highest BCUT2D eigenvalue weighted by Crippen LogP contribution is 2.46. The first-order chi connectivity index (χ1) is 8.84. The van der Waals surface area contributed by atoms with E-state index in [4.69, 9.17) is 5.11 Å². The van der Waals surface area contributed by atoms with Crippen LogP contribution in [0.3, 0.4) is 0 Å². The molecule has 1 saturated carbocycles. The van der Waals surface area contributed by atoms with Gasteiger partial charge in [-0.3, -0.25) is 0 Å². The number of carbonyl (C=O) groups is 1. The van der Waals surface area contributed by atoms with E-state index in [1.165, 1.54) is 11.4 Å². The van der Waals surface area contributed by atoms with Crippen LogP contribution in [0.25, 0.3) is 0 Å². The van der Waals surface area contributed by atoms with Crippen LogP contribution in [-0.2, 0) is 10.0 Å². The fourth-order valence-electron chi connectivity index (χ4n) is 2.41. The van der Waals surface area contributed by atoms with Crippen molar-refractivity contribution in [1.29, 1.82) is 0 Å². The Morgan fingerprint density at radius 1 is 1.42 bits per heavy atom. The van der Waals surface area contributed by atoms with Crippen molar-refractivity contribution in [2.45, 2.75) is 23.3 Å². The van der Waals surface area contributed by atoms with E-state index in [1.54, 1.807) is 0 Å². The molecule has 1 saturated heterocycles. The van der Waals surface area contributed by atoms with Gasteiger partial charge in [-0.25, -0.2) is 13.2 Å². The van der Waals surface area contributed by atoms with Gasteiger partial charge in [0.05, 0.1) is 5.60 Å². The van der Waals surface area contributed by atoms with Gasteiger partial charge in [0.25, 0.3) is 0 Å². The molecular weight excluding hydrogens is 290 g/mol. The number of rotatable bonds is 4. The van der Waals surface area contributed by atoms with E-state index in [1.807, 2.05) is 0 Å². The van der Waals surface area contributed by atoms with E-state index in [2.05, 4.69) is 0 Å². The average molecular weight is 303 g/mol. The second-order valence-corrected chi connectivity index (χ2v) is 7.89. The Bertz CT molecular complexity index is 625. The quantitative estimate of drug-likeness (QED) is 0.849. The number of aromatic carboxylic acids is 1. The van der Waals surface area contributed by atoms with Crippen LogP contribution >= 0.6 is 11.3 Å². The molecule has 0 aromatic carbocycles. The second-order valence-electron chi connectivity index (χ2n) is 5.07. The van der Waals surface area contributed by atoms with Gasteiger partial charge in [-0.05, 0) is 30.2 Å². The summed E-state index contributed by atoms with van der Waals surface area (Å²) in [6.07, 6.45) is 1.87. The lowest BCUT2D eigenvalue weighted by molar-refractivity contribution is -0.0764. The Hall–Kier alpha value is -0.960. The molecule has 2 heterocycles. The summed E-state index contributed by atoms with van der Waals surface area (Å²) in [4.78, 5) is 10.6. The number of nitrogens with zero attached hydrogens (tertiary/aromatic N) is 1. The van der Waals surface area contributed by atoms with E-state index >= 15 is 0 Å². The van der Waals surface area contributed by atoms with Gasteiger partial charge in [0, 0.05) is 13.1 Å². The molecule has 0 bridgehead atoms. The number of sulfonamides is 1. The number of aliphatic hydroxyl groups is 1. The van der Waals surface area contributed by atoms with Crippen molar-refractivity contribution in [1.82, 2.24) is 4.31 Å². The average Bonchev–Trinajstić information content (AvgIpc) is 3.01. The molecule has 0 unspecified atom stereocenters. The van der Waals surface area contributed by atoms with E-state index in [0.29, 0.717) is 0 Å². The molecule has 0 radical (unpaired) electrons. The van der Waals surface area contributed by atoms with Crippen molar-refractivity contribution in [3.8, 4) is 0 Å². The lowest BCUT2D eigenvalue weighted by atomic mass is 9.91. The van der Waals surface area contributed by atoms with Gasteiger partial charge in [-0.2, -0.15) is 4.31 Å². The zero-order chi connectivity index (χ0) is 13.8. The molecule has 3 rings (SSSR count). The van der Waals surface area contributed by atoms with Crippen LogP contribution in [-0.4, -0.2) is 47.6 Å². The third-order valence-electron chi connectivity index (χ3n) is 3.68. The summed E-state index contributed by atoms with van der Waals surface area (Å²) in [7, 11) is -3.81. The third kappa shape index (κ3) is 1.99. The minimum absolute atomic E-state index is 0.0644. The summed E-state index contributed by atoms with van der Waals surface area (Å²) in [5.41, 5.74) is -0.910. The van der Waals surface area contributed by atoms with Crippen molar-refractivity contribution < 1.29 is 23.4 Å². The predicted molar refractivity (Wildman–Crippen MR) is 67.7 cm³/mol. The van der Waals surface area contributed by atoms with Crippen LogP contribution in [0.4, 0.5) is 0 Å². The molecule has 1 aromatic heterocycles. The SMILES string of the molecule is O=C(O)c1sccc1S(=O)(=O)N1CC(O)(C2CC2)C1. The lowest BCUT2D eigenvalue weighted by Gasteiger charge is -2.45. The molecule has 2 aliphatic rings. The number of carboxylic acid groups (broad SMARTS) is 1. The zero-order valence-corrected chi connectivity index (χ0v) is 11.6. The van der Waals surface area contributed by atoms with Crippen LogP contribution in [0.5, 0.6) is 0 Å². The van der Waals surface area contributed by atoms with E-state index in [-0.39, 0.29) is 28.8 Å². The van der Waals surface area contributed by atoms with Crippen LogP contribution in [0, 0.1) is 5.92 Å². The van der Waals surface area contributed by atoms with Crippen molar-refractivity contribution in [3.05, 3.63) is 16.3 Å². The number of carboxylic acids is 1. The van der Waals surface area contributed by atoms with Crippen LogP contribution in [0.15, 0.2) is 16.3 Å².